The molecule has 1 aromatic carbocycles. The van der Waals surface area contributed by atoms with E-state index in [4.69, 9.17) is 16.3 Å². The van der Waals surface area contributed by atoms with Gasteiger partial charge in [-0.15, -0.1) is 0 Å². The molecule has 2 rings (SSSR count). The Morgan fingerprint density at radius 2 is 2.06 bits per heavy atom. The Morgan fingerprint density at radius 1 is 1.35 bits per heavy atom. The van der Waals surface area contributed by atoms with E-state index in [1.54, 1.807) is 7.11 Å². The smallest absolute Gasteiger partial charge is 0.125 e. The van der Waals surface area contributed by atoms with Gasteiger partial charge in [-0.1, -0.05) is 30.5 Å². The third-order valence-electron chi connectivity index (χ3n) is 3.71. The van der Waals surface area contributed by atoms with Crippen molar-refractivity contribution in [2.75, 3.05) is 14.2 Å². The first-order chi connectivity index (χ1) is 8.26. The maximum absolute atomic E-state index is 6.00. The number of ether oxygens (including phenoxy) is 1. The van der Waals surface area contributed by atoms with Crippen LogP contribution in [0, 0.1) is 5.92 Å². The second-order valence-corrected chi connectivity index (χ2v) is 5.13. The summed E-state index contributed by atoms with van der Waals surface area (Å²) >= 11 is 6.00. The minimum atomic E-state index is 0.379. The van der Waals surface area contributed by atoms with E-state index in [2.05, 4.69) is 11.4 Å². The predicted octanol–water partition coefficient (Wildman–Crippen LogP) is 3.80. The molecule has 0 bridgehead atoms. The Bertz CT molecular complexity index is 374. The molecule has 2 nitrogen and oxygen atoms in total. The lowest BCUT2D eigenvalue weighted by Crippen LogP contribution is -2.24. The molecule has 0 heterocycles. The van der Waals surface area contributed by atoms with Crippen LogP contribution in [0.3, 0.4) is 0 Å². The lowest BCUT2D eigenvalue weighted by atomic mass is 9.91. The van der Waals surface area contributed by atoms with Crippen molar-refractivity contribution in [2.24, 2.45) is 5.92 Å². The Hall–Kier alpha value is -0.730. The van der Waals surface area contributed by atoms with Crippen LogP contribution in [0.1, 0.15) is 37.3 Å². The van der Waals surface area contributed by atoms with Crippen molar-refractivity contribution in [3.05, 3.63) is 28.8 Å². The van der Waals surface area contributed by atoms with E-state index in [9.17, 15) is 0 Å². The number of nitrogens with one attached hydrogen (secondary N) is 1. The van der Waals surface area contributed by atoms with Gasteiger partial charge in [0.25, 0.3) is 0 Å². The molecule has 1 saturated carbocycles. The standard InChI is InChI=1S/C14H20ClNO/c1-16-14(10-5-3-4-6-10)12-8-7-11(15)9-13(12)17-2/h7-10,14,16H,3-6H2,1-2H3. The number of rotatable bonds is 4. The van der Waals surface area contributed by atoms with Gasteiger partial charge in [-0.2, -0.15) is 0 Å². The van der Waals surface area contributed by atoms with Gasteiger partial charge in [-0.3, -0.25) is 0 Å². The highest BCUT2D eigenvalue weighted by molar-refractivity contribution is 6.30. The van der Waals surface area contributed by atoms with Gasteiger partial charge in [0.1, 0.15) is 5.75 Å². The fourth-order valence-corrected chi connectivity index (χ4v) is 3.04. The first-order valence-corrected chi connectivity index (χ1v) is 6.64. The van der Waals surface area contributed by atoms with Gasteiger partial charge in [0.2, 0.25) is 0 Å². The van der Waals surface area contributed by atoms with Crippen molar-refractivity contribution in [1.82, 2.24) is 5.32 Å². The highest BCUT2D eigenvalue weighted by atomic mass is 35.5. The molecule has 0 aliphatic heterocycles. The van der Waals surface area contributed by atoms with E-state index in [0.29, 0.717) is 6.04 Å². The van der Waals surface area contributed by atoms with Crippen molar-refractivity contribution < 1.29 is 4.74 Å². The van der Waals surface area contributed by atoms with Gasteiger partial charge >= 0.3 is 0 Å². The van der Waals surface area contributed by atoms with Crippen molar-refractivity contribution in [3.63, 3.8) is 0 Å². The molecule has 1 fully saturated rings. The summed E-state index contributed by atoms with van der Waals surface area (Å²) < 4.78 is 5.44. The Balaban J connectivity index is 2.29. The quantitative estimate of drug-likeness (QED) is 0.881. The van der Waals surface area contributed by atoms with Crippen LogP contribution in [0.2, 0.25) is 5.02 Å². The molecule has 0 saturated heterocycles. The zero-order valence-corrected chi connectivity index (χ0v) is 11.3. The van der Waals surface area contributed by atoms with E-state index in [1.165, 1.54) is 31.2 Å². The van der Waals surface area contributed by atoms with Crippen LogP contribution in [0.25, 0.3) is 0 Å². The molecule has 94 valence electrons. The topological polar surface area (TPSA) is 21.3 Å². The minimum Gasteiger partial charge on any atom is -0.496 e. The van der Waals surface area contributed by atoms with Crippen LogP contribution in [0.5, 0.6) is 5.75 Å². The Morgan fingerprint density at radius 3 is 2.65 bits per heavy atom. The number of halogens is 1. The molecule has 1 aliphatic rings. The molecule has 0 spiro atoms. The molecular weight excluding hydrogens is 234 g/mol. The second-order valence-electron chi connectivity index (χ2n) is 4.70. The van der Waals surface area contributed by atoms with Gasteiger partial charge in [0, 0.05) is 16.6 Å². The van der Waals surface area contributed by atoms with Crippen molar-refractivity contribution in [2.45, 2.75) is 31.7 Å². The monoisotopic (exact) mass is 253 g/mol. The van der Waals surface area contributed by atoms with Crippen LogP contribution in [-0.4, -0.2) is 14.2 Å². The number of hydrogen-bond acceptors (Lipinski definition) is 2. The first-order valence-electron chi connectivity index (χ1n) is 6.27. The summed E-state index contributed by atoms with van der Waals surface area (Å²) in [5.41, 5.74) is 1.23. The third kappa shape index (κ3) is 2.75. The Kier molecular flexibility index (Phi) is 4.30. The normalized spacial score (nSPS) is 18.3. The first kappa shape index (κ1) is 12.7. The molecule has 0 aromatic heterocycles. The Labute approximate surface area is 108 Å². The summed E-state index contributed by atoms with van der Waals surface area (Å²) in [6.45, 7) is 0. The van der Waals surface area contributed by atoms with Gasteiger partial charge in [0.05, 0.1) is 7.11 Å². The summed E-state index contributed by atoms with van der Waals surface area (Å²) in [5, 5.41) is 4.16. The van der Waals surface area contributed by atoms with Crippen molar-refractivity contribution >= 4 is 11.6 Å². The molecule has 17 heavy (non-hydrogen) atoms. The fraction of sp³-hybridized carbons (Fsp3) is 0.571. The lowest BCUT2D eigenvalue weighted by Gasteiger charge is -2.25. The zero-order valence-electron chi connectivity index (χ0n) is 10.5. The van der Waals surface area contributed by atoms with Gasteiger partial charge in [-0.05, 0) is 37.9 Å². The van der Waals surface area contributed by atoms with Crippen LogP contribution in [0.4, 0.5) is 0 Å². The number of benzene rings is 1. The molecule has 1 unspecified atom stereocenters. The van der Waals surface area contributed by atoms with Crippen LogP contribution in [-0.2, 0) is 0 Å². The minimum absolute atomic E-state index is 0.379. The van der Waals surface area contributed by atoms with E-state index in [0.717, 1.165) is 16.7 Å². The van der Waals surface area contributed by atoms with E-state index >= 15 is 0 Å². The summed E-state index contributed by atoms with van der Waals surface area (Å²) in [6, 6.07) is 6.31. The molecule has 1 aliphatic carbocycles. The molecule has 3 heteroatoms. The SMILES string of the molecule is CNC(c1ccc(Cl)cc1OC)C1CCCC1. The van der Waals surface area contributed by atoms with E-state index in [-0.39, 0.29) is 0 Å². The molecule has 1 N–H and O–H groups in total. The van der Waals surface area contributed by atoms with Crippen LogP contribution in [0.15, 0.2) is 18.2 Å². The summed E-state index contributed by atoms with van der Waals surface area (Å²) in [7, 11) is 3.73. The van der Waals surface area contributed by atoms with E-state index < -0.39 is 0 Å². The highest BCUT2D eigenvalue weighted by Crippen LogP contribution is 2.39. The zero-order chi connectivity index (χ0) is 12.3. The lowest BCUT2D eigenvalue weighted by molar-refractivity contribution is 0.359. The van der Waals surface area contributed by atoms with Crippen LogP contribution < -0.4 is 10.1 Å². The second kappa shape index (κ2) is 5.74. The number of methoxy groups -OCH3 is 1. The highest BCUT2D eigenvalue weighted by Gasteiger charge is 2.27. The molecule has 0 amide bonds. The van der Waals surface area contributed by atoms with Crippen molar-refractivity contribution in [1.29, 1.82) is 0 Å². The third-order valence-corrected chi connectivity index (χ3v) is 3.95. The molecule has 1 atom stereocenters. The predicted molar refractivity (Wildman–Crippen MR) is 71.8 cm³/mol. The van der Waals surface area contributed by atoms with Gasteiger partial charge in [-0.25, -0.2) is 0 Å². The number of hydrogen-bond donors (Lipinski definition) is 1. The van der Waals surface area contributed by atoms with Crippen LogP contribution >= 0.6 is 11.6 Å². The maximum Gasteiger partial charge on any atom is 0.125 e. The van der Waals surface area contributed by atoms with Crippen molar-refractivity contribution in [3.8, 4) is 5.75 Å². The van der Waals surface area contributed by atoms with Gasteiger partial charge in [0.15, 0.2) is 0 Å². The van der Waals surface area contributed by atoms with E-state index in [1.807, 2.05) is 19.2 Å². The summed E-state index contributed by atoms with van der Waals surface area (Å²) in [5.74, 6) is 1.61. The average Bonchev–Trinajstić information content (AvgIpc) is 2.85. The molecule has 1 aromatic rings. The van der Waals surface area contributed by atoms with Gasteiger partial charge < -0.3 is 10.1 Å². The molecular formula is C14H20ClNO. The maximum atomic E-state index is 6.00. The fourth-order valence-electron chi connectivity index (χ4n) is 2.88. The largest absolute Gasteiger partial charge is 0.496 e. The summed E-state index contributed by atoms with van der Waals surface area (Å²) in [4.78, 5) is 0. The summed E-state index contributed by atoms with van der Waals surface area (Å²) in [6.07, 6.45) is 5.30. The molecule has 0 radical (unpaired) electrons. The average molecular weight is 254 g/mol.